The molecule has 0 saturated carbocycles. The van der Waals surface area contributed by atoms with Gasteiger partial charge in [0.1, 0.15) is 23.2 Å². The van der Waals surface area contributed by atoms with Gasteiger partial charge >= 0.3 is 0 Å². The van der Waals surface area contributed by atoms with Gasteiger partial charge in [-0.3, -0.25) is 0 Å². The fraction of sp³-hybridized carbons (Fsp3) is 0.500. The van der Waals surface area contributed by atoms with E-state index in [9.17, 15) is 0 Å². The number of aryl methyl sites for hydroxylation is 1. The number of anilines is 3. The summed E-state index contributed by atoms with van der Waals surface area (Å²) < 4.78 is 17.1. The fourth-order valence-electron chi connectivity index (χ4n) is 3.59. The molecule has 144 valence electrons. The molecule has 0 aliphatic carbocycles. The zero-order valence-electron chi connectivity index (χ0n) is 15.9. The standard InChI is InChI=1S/C20H26N4O3/c1-3-25-17-6-4-16(5-7-17)23-18-14-19(22-15(2)21-18)24-10-8-20(9-11-24)26-12-13-27-20/h4-7,14H,3,8-13H2,1-2H3,(H,21,22,23). The summed E-state index contributed by atoms with van der Waals surface area (Å²) in [6.45, 7) is 7.67. The molecule has 7 nitrogen and oxygen atoms in total. The van der Waals surface area contributed by atoms with E-state index >= 15 is 0 Å². The highest BCUT2D eigenvalue weighted by Crippen LogP contribution is 2.33. The Labute approximate surface area is 159 Å². The number of benzene rings is 1. The summed E-state index contributed by atoms with van der Waals surface area (Å²) in [6.07, 6.45) is 1.72. The zero-order chi connectivity index (χ0) is 18.7. The van der Waals surface area contributed by atoms with Crippen LogP contribution in [0.3, 0.4) is 0 Å². The van der Waals surface area contributed by atoms with Crippen LogP contribution in [0.2, 0.25) is 0 Å². The van der Waals surface area contributed by atoms with E-state index in [1.807, 2.05) is 44.2 Å². The Kier molecular flexibility index (Phi) is 5.13. The third-order valence-corrected chi connectivity index (χ3v) is 4.92. The van der Waals surface area contributed by atoms with E-state index in [0.29, 0.717) is 19.8 Å². The molecular weight excluding hydrogens is 344 g/mol. The normalized spacial score (nSPS) is 18.7. The maximum atomic E-state index is 5.81. The molecule has 2 aromatic rings. The average Bonchev–Trinajstić information content (AvgIpc) is 3.12. The molecule has 3 heterocycles. The average molecular weight is 370 g/mol. The van der Waals surface area contributed by atoms with E-state index in [1.54, 1.807) is 0 Å². The monoisotopic (exact) mass is 370 g/mol. The Morgan fingerprint density at radius 3 is 2.48 bits per heavy atom. The van der Waals surface area contributed by atoms with Crippen LogP contribution < -0.4 is 15.0 Å². The number of aromatic nitrogens is 2. The summed E-state index contributed by atoms with van der Waals surface area (Å²) in [7, 11) is 0. The van der Waals surface area contributed by atoms with E-state index in [1.165, 1.54) is 0 Å². The molecule has 1 aromatic carbocycles. The third-order valence-electron chi connectivity index (χ3n) is 4.92. The van der Waals surface area contributed by atoms with Crippen LogP contribution in [0.5, 0.6) is 5.75 Å². The van der Waals surface area contributed by atoms with Crippen LogP contribution in [-0.4, -0.2) is 48.7 Å². The summed E-state index contributed by atoms with van der Waals surface area (Å²) in [6, 6.07) is 9.87. The second-order valence-corrected chi connectivity index (χ2v) is 6.84. The molecule has 7 heteroatoms. The minimum Gasteiger partial charge on any atom is -0.494 e. The van der Waals surface area contributed by atoms with Crippen molar-refractivity contribution in [1.82, 2.24) is 9.97 Å². The molecule has 1 N–H and O–H groups in total. The van der Waals surface area contributed by atoms with Crippen LogP contribution >= 0.6 is 0 Å². The van der Waals surface area contributed by atoms with E-state index in [-0.39, 0.29) is 5.79 Å². The number of nitrogens with zero attached hydrogens (tertiary/aromatic N) is 3. The first-order valence-electron chi connectivity index (χ1n) is 9.54. The lowest BCUT2D eigenvalue weighted by Crippen LogP contribution is -2.45. The van der Waals surface area contributed by atoms with Crippen molar-refractivity contribution >= 4 is 17.3 Å². The number of hydrogen-bond donors (Lipinski definition) is 1. The van der Waals surface area contributed by atoms with Crippen LogP contribution in [0.1, 0.15) is 25.6 Å². The van der Waals surface area contributed by atoms with Gasteiger partial charge in [0.25, 0.3) is 0 Å². The molecule has 2 aliphatic heterocycles. The SMILES string of the molecule is CCOc1ccc(Nc2cc(N3CCC4(CC3)OCCO4)nc(C)n2)cc1. The Morgan fingerprint density at radius 1 is 1.11 bits per heavy atom. The van der Waals surface area contributed by atoms with Crippen LogP contribution in [-0.2, 0) is 9.47 Å². The molecule has 0 unspecified atom stereocenters. The molecule has 2 saturated heterocycles. The minimum atomic E-state index is -0.373. The molecule has 1 aromatic heterocycles. The van der Waals surface area contributed by atoms with Crippen molar-refractivity contribution in [3.8, 4) is 5.75 Å². The van der Waals surface area contributed by atoms with E-state index < -0.39 is 0 Å². The fourth-order valence-corrected chi connectivity index (χ4v) is 3.59. The van der Waals surface area contributed by atoms with Crippen molar-refractivity contribution in [1.29, 1.82) is 0 Å². The summed E-state index contributed by atoms with van der Waals surface area (Å²) in [4.78, 5) is 11.4. The molecule has 4 rings (SSSR count). The van der Waals surface area contributed by atoms with Crippen molar-refractivity contribution in [3.05, 3.63) is 36.2 Å². The zero-order valence-corrected chi connectivity index (χ0v) is 15.9. The molecule has 27 heavy (non-hydrogen) atoms. The van der Waals surface area contributed by atoms with E-state index in [4.69, 9.17) is 14.2 Å². The lowest BCUT2D eigenvalue weighted by Gasteiger charge is -2.38. The number of ether oxygens (including phenoxy) is 3. The van der Waals surface area contributed by atoms with E-state index in [2.05, 4.69) is 20.2 Å². The highest BCUT2D eigenvalue weighted by Gasteiger charge is 2.40. The predicted molar refractivity (Wildman–Crippen MR) is 104 cm³/mol. The van der Waals surface area contributed by atoms with Crippen LogP contribution in [0.4, 0.5) is 17.3 Å². The minimum absolute atomic E-state index is 0.373. The summed E-state index contributed by atoms with van der Waals surface area (Å²) in [5.41, 5.74) is 0.966. The highest BCUT2D eigenvalue weighted by atomic mass is 16.7. The van der Waals surface area contributed by atoms with Crippen molar-refractivity contribution in [2.75, 3.05) is 43.1 Å². The Hall–Kier alpha value is -2.38. The largest absolute Gasteiger partial charge is 0.494 e. The van der Waals surface area contributed by atoms with Crippen LogP contribution in [0.25, 0.3) is 0 Å². The van der Waals surface area contributed by atoms with Gasteiger partial charge in [0, 0.05) is 37.7 Å². The number of rotatable bonds is 5. The summed E-state index contributed by atoms with van der Waals surface area (Å²) in [5, 5.41) is 3.36. The molecule has 0 radical (unpaired) electrons. The maximum Gasteiger partial charge on any atom is 0.171 e. The maximum absolute atomic E-state index is 5.81. The van der Waals surface area contributed by atoms with Gasteiger partial charge < -0.3 is 24.4 Å². The van der Waals surface area contributed by atoms with Crippen molar-refractivity contribution in [2.45, 2.75) is 32.5 Å². The Morgan fingerprint density at radius 2 is 1.81 bits per heavy atom. The molecular formula is C20H26N4O3. The molecule has 2 fully saturated rings. The smallest absolute Gasteiger partial charge is 0.171 e. The molecule has 0 amide bonds. The Bertz CT molecular complexity index is 765. The van der Waals surface area contributed by atoms with Crippen molar-refractivity contribution in [3.63, 3.8) is 0 Å². The summed E-state index contributed by atoms with van der Waals surface area (Å²) in [5.74, 6) is 2.96. The quantitative estimate of drug-likeness (QED) is 0.866. The van der Waals surface area contributed by atoms with Gasteiger partial charge in [0.2, 0.25) is 0 Å². The van der Waals surface area contributed by atoms with Gasteiger partial charge in [-0.05, 0) is 38.1 Å². The lowest BCUT2D eigenvalue weighted by molar-refractivity contribution is -0.169. The van der Waals surface area contributed by atoms with Crippen LogP contribution in [0.15, 0.2) is 30.3 Å². The van der Waals surface area contributed by atoms with Gasteiger partial charge in [-0.2, -0.15) is 0 Å². The predicted octanol–water partition coefficient (Wildman–Crippen LogP) is 3.27. The number of nitrogens with one attached hydrogen (secondary N) is 1. The molecule has 0 bridgehead atoms. The van der Waals surface area contributed by atoms with Gasteiger partial charge in [-0.15, -0.1) is 0 Å². The molecule has 2 aliphatic rings. The van der Waals surface area contributed by atoms with Crippen molar-refractivity contribution < 1.29 is 14.2 Å². The molecule has 1 spiro atoms. The van der Waals surface area contributed by atoms with E-state index in [0.717, 1.165) is 54.8 Å². The Balaban J connectivity index is 1.45. The first kappa shape index (κ1) is 18.0. The number of piperidine rings is 1. The first-order valence-corrected chi connectivity index (χ1v) is 9.54. The van der Waals surface area contributed by atoms with Gasteiger partial charge in [-0.1, -0.05) is 0 Å². The number of hydrogen-bond acceptors (Lipinski definition) is 7. The third kappa shape index (κ3) is 4.14. The van der Waals surface area contributed by atoms with Crippen molar-refractivity contribution in [2.24, 2.45) is 0 Å². The van der Waals surface area contributed by atoms with Crippen LogP contribution in [0, 0.1) is 6.92 Å². The van der Waals surface area contributed by atoms with Gasteiger partial charge in [0.05, 0.1) is 19.8 Å². The second-order valence-electron chi connectivity index (χ2n) is 6.84. The molecule has 0 atom stereocenters. The first-order chi connectivity index (χ1) is 13.2. The van der Waals surface area contributed by atoms with Gasteiger partial charge in [-0.25, -0.2) is 9.97 Å². The second kappa shape index (κ2) is 7.70. The van der Waals surface area contributed by atoms with Gasteiger partial charge in [0.15, 0.2) is 5.79 Å². The summed E-state index contributed by atoms with van der Waals surface area (Å²) >= 11 is 0. The topological polar surface area (TPSA) is 68.7 Å². The highest BCUT2D eigenvalue weighted by molar-refractivity contribution is 5.60. The lowest BCUT2D eigenvalue weighted by atomic mass is 10.0.